The third kappa shape index (κ3) is 3.84. The standard InChI is InChI=1S/C17H22N4O3/c22-13-19-6-8-20(9-7-19)17(24)18-15-10-16(23)21(12-15)11-14-4-2-1-3-5-14/h1-5,13,15H,6-12H2,(H,18,24). The number of nitrogens with one attached hydrogen (secondary N) is 1. The van der Waals surface area contributed by atoms with Crippen molar-refractivity contribution < 1.29 is 14.4 Å². The summed E-state index contributed by atoms with van der Waals surface area (Å²) in [6.07, 6.45) is 1.15. The third-order valence-electron chi connectivity index (χ3n) is 4.51. The topological polar surface area (TPSA) is 73.0 Å². The second kappa shape index (κ2) is 7.33. The summed E-state index contributed by atoms with van der Waals surface area (Å²) in [5.41, 5.74) is 1.09. The van der Waals surface area contributed by atoms with Crippen molar-refractivity contribution in [3.05, 3.63) is 35.9 Å². The van der Waals surface area contributed by atoms with E-state index in [4.69, 9.17) is 0 Å². The van der Waals surface area contributed by atoms with Crippen LogP contribution in [0.15, 0.2) is 30.3 Å². The Hall–Kier alpha value is -2.57. The fraction of sp³-hybridized carbons (Fsp3) is 0.471. The molecule has 2 aliphatic rings. The molecule has 1 N–H and O–H groups in total. The fourth-order valence-electron chi connectivity index (χ4n) is 3.12. The van der Waals surface area contributed by atoms with Gasteiger partial charge in [0.1, 0.15) is 0 Å². The molecule has 0 aliphatic carbocycles. The zero-order chi connectivity index (χ0) is 16.9. The molecule has 4 amide bonds. The molecule has 2 fully saturated rings. The number of urea groups is 1. The van der Waals surface area contributed by atoms with Crippen molar-refractivity contribution in [1.29, 1.82) is 0 Å². The Morgan fingerprint density at radius 1 is 1.17 bits per heavy atom. The molecule has 0 saturated carbocycles. The summed E-state index contributed by atoms with van der Waals surface area (Å²) < 4.78 is 0. The van der Waals surface area contributed by atoms with Gasteiger partial charge in [-0.2, -0.15) is 0 Å². The Morgan fingerprint density at radius 2 is 1.88 bits per heavy atom. The number of nitrogens with zero attached hydrogens (tertiary/aromatic N) is 3. The summed E-state index contributed by atoms with van der Waals surface area (Å²) in [5, 5.41) is 2.95. The highest BCUT2D eigenvalue weighted by molar-refractivity contribution is 5.81. The van der Waals surface area contributed by atoms with E-state index in [2.05, 4.69) is 5.32 Å². The zero-order valence-electron chi connectivity index (χ0n) is 13.6. The van der Waals surface area contributed by atoms with Gasteiger partial charge in [-0.25, -0.2) is 4.79 Å². The van der Waals surface area contributed by atoms with Gasteiger partial charge in [0, 0.05) is 45.7 Å². The molecule has 2 saturated heterocycles. The largest absolute Gasteiger partial charge is 0.342 e. The first-order chi connectivity index (χ1) is 11.7. The lowest BCUT2D eigenvalue weighted by Crippen LogP contribution is -2.53. The molecule has 24 heavy (non-hydrogen) atoms. The highest BCUT2D eigenvalue weighted by atomic mass is 16.2. The van der Waals surface area contributed by atoms with E-state index in [0.29, 0.717) is 45.7 Å². The lowest BCUT2D eigenvalue weighted by atomic mass is 10.2. The molecule has 0 bridgehead atoms. The van der Waals surface area contributed by atoms with Gasteiger partial charge >= 0.3 is 6.03 Å². The maximum absolute atomic E-state index is 12.3. The monoisotopic (exact) mass is 330 g/mol. The van der Waals surface area contributed by atoms with Gasteiger partial charge in [-0.05, 0) is 5.56 Å². The Bertz CT molecular complexity index is 599. The van der Waals surface area contributed by atoms with Gasteiger partial charge < -0.3 is 20.0 Å². The second-order valence-electron chi connectivity index (χ2n) is 6.24. The Kier molecular flexibility index (Phi) is 4.98. The molecular formula is C17H22N4O3. The van der Waals surface area contributed by atoms with Crippen LogP contribution < -0.4 is 5.32 Å². The van der Waals surface area contributed by atoms with Crippen LogP contribution in [0, 0.1) is 0 Å². The van der Waals surface area contributed by atoms with E-state index in [1.807, 2.05) is 30.3 Å². The quantitative estimate of drug-likeness (QED) is 0.806. The Balaban J connectivity index is 1.49. The maximum atomic E-state index is 12.3. The Morgan fingerprint density at radius 3 is 2.54 bits per heavy atom. The number of amides is 4. The molecule has 3 rings (SSSR count). The van der Waals surface area contributed by atoms with E-state index in [0.717, 1.165) is 12.0 Å². The predicted molar refractivity (Wildman–Crippen MR) is 88.0 cm³/mol. The molecule has 1 aromatic carbocycles. The summed E-state index contributed by atoms with van der Waals surface area (Å²) in [4.78, 5) is 40.3. The van der Waals surface area contributed by atoms with Crippen LogP contribution in [-0.2, 0) is 16.1 Å². The molecule has 1 unspecified atom stereocenters. The number of likely N-dealkylation sites (tertiary alicyclic amines) is 1. The molecule has 1 atom stereocenters. The second-order valence-corrected chi connectivity index (χ2v) is 6.24. The summed E-state index contributed by atoms with van der Waals surface area (Å²) in [7, 11) is 0. The average Bonchev–Trinajstić information content (AvgIpc) is 2.95. The van der Waals surface area contributed by atoms with E-state index in [-0.39, 0.29) is 18.0 Å². The minimum Gasteiger partial charge on any atom is -0.342 e. The number of hydrogen-bond donors (Lipinski definition) is 1. The number of carbonyl (C=O) groups excluding carboxylic acids is 3. The van der Waals surface area contributed by atoms with Gasteiger partial charge in [0.15, 0.2) is 0 Å². The lowest BCUT2D eigenvalue weighted by Gasteiger charge is -2.33. The van der Waals surface area contributed by atoms with Gasteiger partial charge in [-0.3, -0.25) is 9.59 Å². The minimum atomic E-state index is -0.155. The van der Waals surface area contributed by atoms with E-state index < -0.39 is 0 Å². The normalized spacial score (nSPS) is 21.1. The van der Waals surface area contributed by atoms with Gasteiger partial charge in [0.05, 0.1) is 6.04 Å². The Labute approximate surface area is 141 Å². The van der Waals surface area contributed by atoms with Gasteiger partial charge in [0.25, 0.3) is 0 Å². The predicted octanol–water partition coefficient (Wildman–Crippen LogP) is 0.271. The molecule has 0 aromatic heterocycles. The van der Waals surface area contributed by atoms with Crippen molar-refractivity contribution in [3.63, 3.8) is 0 Å². The smallest absolute Gasteiger partial charge is 0.317 e. The van der Waals surface area contributed by atoms with Gasteiger partial charge in [-0.1, -0.05) is 30.3 Å². The molecule has 1 aromatic rings. The van der Waals surface area contributed by atoms with Crippen LogP contribution in [0.3, 0.4) is 0 Å². The molecule has 2 heterocycles. The fourth-order valence-corrected chi connectivity index (χ4v) is 3.12. The maximum Gasteiger partial charge on any atom is 0.317 e. The average molecular weight is 330 g/mol. The number of carbonyl (C=O) groups is 3. The van der Waals surface area contributed by atoms with Crippen molar-refractivity contribution >= 4 is 18.3 Å². The molecule has 128 valence electrons. The van der Waals surface area contributed by atoms with E-state index in [1.54, 1.807) is 14.7 Å². The molecule has 2 aliphatic heterocycles. The zero-order valence-corrected chi connectivity index (χ0v) is 13.6. The lowest BCUT2D eigenvalue weighted by molar-refractivity contribution is -0.128. The molecule has 0 spiro atoms. The van der Waals surface area contributed by atoms with Crippen LogP contribution >= 0.6 is 0 Å². The van der Waals surface area contributed by atoms with Crippen molar-refractivity contribution in [1.82, 2.24) is 20.0 Å². The number of rotatable bonds is 4. The minimum absolute atomic E-state index is 0.0647. The van der Waals surface area contributed by atoms with Crippen molar-refractivity contribution in [2.75, 3.05) is 32.7 Å². The summed E-state index contributed by atoms with van der Waals surface area (Å²) in [6, 6.07) is 9.53. The molecule has 7 nitrogen and oxygen atoms in total. The van der Waals surface area contributed by atoms with E-state index in [1.165, 1.54) is 0 Å². The first kappa shape index (κ1) is 16.3. The van der Waals surface area contributed by atoms with Crippen LogP contribution in [0.2, 0.25) is 0 Å². The highest BCUT2D eigenvalue weighted by Gasteiger charge is 2.32. The first-order valence-electron chi connectivity index (χ1n) is 8.22. The van der Waals surface area contributed by atoms with Crippen LogP contribution in [0.5, 0.6) is 0 Å². The van der Waals surface area contributed by atoms with E-state index in [9.17, 15) is 14.4 Å². The molecule has 0 radical (unpaired) electrons. The van der Waals surface area contributed by atoms with Crippen LogP contribution in [-0.4, -0.2) is 71.8 Å². The number of hydrogen-bond acceptors (Lipinski definition) is 3. The van der Waals surface area contributed by atoms with Crippen molar-refractivity contribution in [2.45, 2.75) is 19.0 Å². The summed E-state index contributed by atoms with van der Waals surface area (Å²) >= 11 is 0. The molecular weight excluding hydrogens is 308 g/mol. The summed E-state index contributed by atoms with van der Waals surface area (Å²) in [6.45, 7) is 3.27. The summed E-state index contributed by atoms with van der Waals surface area (Å²) in [5.74, 6) is 0.0647. The molecule has 7 heteroatoms. The van der Waals surface area contributed by atoms with E-state index >= 15 is 0 Å². The highest BCUT2D eigenvalue weighted by Crippen LogP contribution is 2.15. The number of piperazine rings is 1. The van der Waals surface area contributed by atoms with Crippen LogP contribution in [0.25, 0.3) is 0 Å². The number of benzene rings is 1. The van der Waals surface area contributed by atoms with Crippen LogP contribution in [0.4, 0.5) is 4.79 Å². The van der Waals surface area contributed by atoms with Gasteiger partial charge in [0.2, 0.25) is 12.3 Å². The van der Waals surface area contributed by atoms with Gasteiger partial charge in [-0.15, -0.1) is 0 Å². The van der Waals surface area contributed by atoms with Crippen molar-refractivity contribution in [2.24, 2.45) is 0 Å². The SMILES string of the molecule is O=CN1CCN(C(=O)NC2CC(=O)N(Cc3ccccc3)C2)CC1. The third-order valence-corrected chi connectivity index (χ3v) is 4.51. The van der Waals surface area contributed by atoms with Crippen molar-refractivity contribution in [3.8, 4) is 0 Å². The van der Waals surface area contributed by atoms with Crippen LogP contribution in [0.1, 0.15) is 12.0 Å². The first-order valence-corrected chi connectivity index (χ1v) is 8.22.